The summed E-state index contributed by atoms with van der Waals surface area (Å²) in [6.45, 7) is 3.27. The third-order valence-corrected chi connectivity index (χ3v) is 4.35. The lowest BCUT2D eigenvalue weighted by atomic mass is 9.84. The summed E-state index contributed by atoms with van der Waals surface area (Å²) < 4.78 is 0. The smallest absolute Gasteiger partial charge is 0.0774 e. The van der Waals surface area contributed by atoms with E-state index in [0.29, 0.717) is 0 Å². The van der Waals surface area contributed by atoms with Gasteiger partial charge in [-0.1, -0.05) is 19.3 Å². The molecule has 1 saturated heterocycles. The Bertz CT molecular complexity index is 174. The number of aliphatic hydroxyl groups is 1. The van der Waals surface area contributed by atoms with E-state index >= 15 is 0 Å². The lowest BCUT2D eigenvalue weighted by Crippen LogP contribution is -2.47. The molecule has 82 valence electrons. The molecule has 0 aromatic rings. The largest absolute Gasteiger partial charge is 0.389 e. The van der Waals surface area contributed by atoms with Crippen LogP contribution >= 0.6 is 11.8 Å². The van der Waals surface area contributed by atoms with Gasteiger partial charge in [0.1, 0.15) is 0 Å². The molecule has 1 aliphatic heterocycles. The molecule has 2 nitrogen and oxygen atoms in total. The Morgan fingerprint density at radius 3 is 2.36 bits per heavy atom. The first-order valence-electron chi connectivity index (χ1n) is 5.81. The minimum atomic E-state index is -0.347. The molecule has 2 rings (SSSR count). The molecule has 1 N–H and O–H groups in total. The van der Waals surface area contributed by atoms with Crippen LogP contribution in [0.5, 0.6) is 0 Å². The summed E-state index contributed by atoms with van der Waals surface area (Å²) in [5.74, 6) is 2.49. The predicted octanol–water partition coefficient (Wildman–Crippen LogP) is 1.73. The average molecular weight is 215 g/mol. The van der Waals surface area contributed by atoms with Gasteiger partial charge >= 0.3 is 0 Å². The van der Waals surface area contributed by atoms with E-state index in [-0.39, 0.29) is 5.60 Å². The maximum atomic E-state index is 10.4. The molecule has 3 heteroatoms. The third-order valence-electron chi connectivity index (χ3n) is 3.41. The van der Waals surface area contributed by atoms with E-state index in [9.17, 15) is 5.11 Å². The zero-order valence-corrected chi connectivity index (χ0v) is 9.69. The van der Waals surface area contributed by atoms with Gasteiger partial charge in [0.2, 0.25) is 0 Å². The van der Waals surface area contributed by atoms with Crippen LogP contribution in [-0.2, 0) is 0 Å². The second-order valence-corrected chi connectivity index (χ2v) is 5.90. The van der Waals surface area contributed by atoms with Gasteiger partial charge in [-0.3, -0.25) is 4.90 Å². The first kappa shape index (κ1) is 10.8. The molecule has 0 aromatic carbocycles. The van der Waals surface area contributed by atoms with E-state index in [4.69, 9.17) is 0 Å². The Hall–Kier alpha value is 0.270. The van der Waals surface area contributed by atoms with Crippen molar-refractivity contribution < 1.29 is 5.11 Å². The van der Waals surface area contributed by atoms with E-state index in [1.807, 2.05) is 11.8 Å². The lowest BCUT2D eigenvalue weighted by Gasteiger charge is -2.38. The molecule has 0 aromatic heterocycles. The van der Waals surface area contributed by atoms with Crippen LogP contribution in [0.4, 0.5) is 0 Å². The highest BCUT2D eigenvalue weighted by Crippen LogP contribution is 2.29. The Balaban J connectivity index is 1.81. The fourth-order valence-electron chi connectivity index (χ4n) is 2.54. The van der Waals surface area contributed by atoms with Crippen molar-refractivity contribution in [3.63, 3.8) is 0 Å². The zero-order valence-electron chi connectivity index (χ0n) is 8.87. The van der Waals surface area contributed by atoms with Crippen molar-refractivity contribution in [1.82, 2.24) is 4.90 Å². The fraction of sp³-hybridized carbons (Fsp3) is 1.00. The molecule has 1 heterocycles. The average Bonchev–Trinajstić information content (AvgIpc) is 2.19. The van der Waals surface area contributed by atoms with Gasteiger partial charge in [0.15, 0.2) is 0 Å². The Morgan fingerprint density at radius 2 is 1.71 bits per heavy atom. The maximum absolute atomic E-state index is 10.4. The number of nitrogens with zero attached hydrogens (tertiary/aromatic N) is 1. The monoisotopic (exact) mass is 215 g/mol. The zero-order chi connectivity index (χ0) is 9.86. The van der Waals surface area contributed by atoms with Crippen molar-refractivity contribution in [2.75, 3.05) is 31.1 Å². The van der Waals surface area contributed by atoms with Crippen LogP contribution in [0.15, 0.2) is 0 Å². The maximum Gasteiger partial charge on any atom is 0.0774 e. The van der Waals surface area contributed by atoms with Crippen LogP contribution in [0.2, 0.25) is 0 Å². The summed E-state index contributed by atoms with van der Waals surface area (Å²) in [6, 6.07) is 0. The van der Waals surface area contributed by atoms with Crippen molar-refractivity contribution in [2.45, 2.75) is 37.7 Å². The molecular formula is C11H21NOS. The van der Waals surface area contributed by atoms with Crippen molar-refractivity contribution >= 4 is 11.8 Å². The summed E-state index contributed by atoms with van der Waals surface area (Å²) in [5.41, 5.74) is -0.347. The third kappa shape index (κ3) is 2.88. The number of hydrogen-bond donors (Lipinski definition) is 1. The van der Waals surface area contributed by atoms with Gasteiger partial charge in [0, 0.05) is 31.1 Å². The van der Waals surface area contributed by atoms with Gasteiger partial charge in [-0.2, -0.15) is 11.8 Å². The number of β-amino-alcohol motifs (C(OH)–C–C–N with tert-alkyl or cyclic N) is 1. The molecule has 1 aliphatic carbocycles. The van der Waals surface area contributed by atoms with Crippen LogP contribution in [0.1, 0.15) is 32.1 Å². The van der Waals surface area contributed by atoms with Crippen LogP contribution in [0.25, 0.3) is 0 Å². The molecule has 14 heavy (non-hydrogen) atoms. The standard InChI is InChI=1S/C11H21NOS/c13-11(4-2-1-3-5-11)10-12-6-8-14-9-7-12/h13H,1-10H2. The summed E-state index contributed by atoms with van der Waals surface area (Å²) in [5, 5.41) is 10.4. The van der Waals surface area contributed by atoms with Crippen molar-refractivity contribution in [2.24, 2.45) is 0 Å². The van der Waals surface area contributed by atoms with E-state index < -0.39 is 0 Å². The van der Waals surface area contributed by atoms with Crippen LogP contribution in [0.3, 0.4) is 0 Å². The molecule has 2 fully saturated rings. The lowest BCUT2D eigenvalue weighted by molar-refractivity contribution is -0.0241. The molecule has 1 saturated carbocycles. The summed E-state index contributed by atoms with van der Waals surface area (Å²) in [4.78, 5) is 2.45. The molecule has 0 amide bonds. The van der Waals surface area contributed by atoms with Gasteiger partial charge in [0.05, 0.1) is 5.60 Å². The first-order valence-corrected chi connectivity index (χ1v) is 6.97. The van der Waals surface area contributed by atoms with E-state index in [1.165, 1.54) is 43.9 Å². The van der Waals surface area contributed by atoms with Crippen molar-refractivity contribution in [3.8, 4) is 0 Å². The van der Waals surface area contributed by atoms with Crippen molar-refractivity contribution in [3.05, 3.63) is 0 Å². The van der Waals surface area contributed by atoms with Gasteiger partial charge < -0.3 is 5.11 Å². The number of thioether (sulfide) groups is 1. The molecule has 2 aliphatic rings. The van der Waals surface area contributed by atoms with Crippen LogP contribution in [0, 0.1) is 0 Å². The van der Waals surface area contributed by atoms with Crippen LogP contribution < -0.4 is 0 Å². The molecule has 0 radical (unpaired) electrons. The van der Waals surface area contributed by atoms with E-state index in [0.717, 1.165) is 19.4 Å². The van der Waals surface area contributed by atoms with E-state index in [1.54, 1.807) is 0 Å². The fourth-order valence-corrected chi connectivity index (χ4v) is 3.52. The highest BCUT2D eigenvalue weighted by Gasteiger charge is 2.31. The normalized spacial score (nSPS) is 28.9. The second-order valence-electron chi connectivity index (χ2n) is 4.67. The minimum Gasteiger partial charge on any atom is -0.389 e. The summed E-state index contributed by atoms with van der Waals surface area (Å²) in [6.07, 6.45) is 5.81. The second kappa shape index (κ2) is 4.86. The van der Waals surface area contributed by atoms with Crippen LogP contribution in [-0.4, -0.2) is 46.7 Å². The summed E-state index contributed by atoms with van der Waals surface area (Å²) in [7, 11) is 0. The minimum absolute atomic E-state index is 0.347. The Labute approximate surface area is 91.1 Å². The van der Waals surface area contributed by atoms with Gasteiger partial charge in [-0.15, -0.1) is 0 Å². The first-order chi connectivity index (χ1) is 6.79. The quantitative estimate of drug-likeness (QED) is 0.759. The van der Waals surface area contributed by atoms with Gasteiger partial charge in [0.25, 0.3) is 0 Å². The molecular weight excluding hydrogens is 194 g/mol. The number of hydrogen-bond acceptors (Lipinski definition) is 3. The summed E-state index contributed by atoms with van der Waals surface area (Å²) >= 11 is 2.04. The molecule has 0 bridgehead atoms. The predicted molar refractivity (Wildman–Crippen MR) is 61.8 cm³/mol. The Kier molecular flexibility index (Phi) is 3.74. The topological polar surface area (TPSA) is 23.5 Å². The highest BCUT2D eigenvalue weighted by atomic mass is 32.2. The Morgan fingerprint density at radius 1 is 1.07 bits per heavy atom. The number of rotatable bonds is 2. The van der Waals surface area contributed by atoms with Gasteiger partial charge in [-0.25, -0.2) is 0 Å². The molecule has 0 unspecified atom stereocenters. The van der Waals surface area contributed by atoms with Crippen molar-refractivity contribution in [1.29, 1.82) is 0 Å². The van der Waals surface area contributed by atoms with Gasteiger partial charge in [-0.05, 0) is 12.8 Å². The molecule has 0 atom stereocenters. The molecule has 0 spiro atoms. The SMILES string of the molecule is OC1(CN2CCSCC2)CCCCC1. The van der Waals surface area contributed by atoms with E-state index in [2.05, 4.69) is 4.90 Å². The highest BCUT2D eigenvalue weighted by molar-refractivity contribution is 7.99.